The highest BCUT2D eigenvalue weighted by molar-refractivity contribution is 5.79. The molecular weight excluding hydrogens is 300 g/mol. The third-order valence-electron chi connectivity index (χ3n) is 3.63. The minimum absolute atomic E-state index is 0.132. The summed E-state index contributed by atoms with van der Waals surface area (Å²) in [5, 5.41) is 6.65. The van der Waals surface area contributed by atoms with Gasteiger partial charge in [0.2, 0.25) is 0 Å². The van der Waals surface area contributed by atoms with Crippen molar-refractivity contribution in [3.8, 4) is 0 Å². The highest BCUT2D eigenvalue weighted by Crippen LogP contribution is 2.15. The Morgan fingerprint density at radius 1 is 1.17 bits per heavy atom. The van der Waals surface area contributed by atoms with E-state index in [9.17, 15) is 0 Å². The molecule has 0 saturated carbocycles. The van der Waals surface area contributed by atoms with Crippen molar-refractivity contribution in [2.45, 2.75) is 32.8 Å². The molecule has 0 aromatic heterocycles. The second-order valence-electron chi connectivity index (χ2n) is 6.12. The average molecular weight is 335 g/mol. The first kappa shape index (κ1) is 20.5. The van der Waals surface area contributed by atoms with Crippen LogP contribution in [0.3, 0.4) is 0 Å². The summed E-state index contributed by atoms with van der Waals surface area (Å²) in [7, 11) is 4.19. The summed E-state index contributed by atoms with van der Waals surface area (Å²) in [6.07, 6.45) is 2.16. The van der Waals surface area contributed by atoms with Crippen LogP contribution in [-0.4, -0.2) is 57.7 Å². The summed E-state index contributed by atoms with van der Waals surface area (Å²) in [6.45, 7) is 8.56. The summed E-state index contributed by atoms with van der Waals surface area (Å²) in [5.41, 5.74) is 1.22. The van der Waals surface area contributed by atoms with Gasteiger partial charge in [0.15, 0.2) is 5.96 Å². The SMILES string of the molecule is CCNC(=NCCCOC(C)c1ccccc1)NCCCN(C)C. The first-order valence-electron chi connectivity index (χ1n) is 8.97. The molecule has 5 nitrogen and oxygen atoms in total. The van der Waals surface area contributed by atoms with Gasteiger partial charge in [-0.1, -0.05) is 30.3 Å². The van der Waals surface area contributed by atoms with Gasteiger partial charge in [0.25, 0.3) is 0 Å². The maximum absolute atomic E-state index is 5.88. The third kappa shape index (κ3) is 9.53. The van der Waals surface area contributed by atoms with E-state index < -0.39 is 0 Å². The van der Waals surface area contributed by atoms with E-state index in [1.807, 2.05) is 18.2 Å². The molecule has 2 N–H and O–H groups in total. The van der Waals surface area contributed by atoms with Crippen molar-refractivity contribution in [3.05, 3.63) is 35.9 Å². The first-order chi connectivity index (χ1) is 11.6. The Morgan fingerprint density at radius 3 is 2.58 bits per heavy atom. The summed E-state index contributed by atoms with van der Waals surface area (Å²) >= 11 is 0. The van der Waals surface area contributed by atoms with E-state index in [1.165, 1.54) is 5.56 Å². The highest BCUT2D eigenvalue weighted by Gasteiger charge is 2.04. The van der Waals surface area contributed by atoms with Crippen LogP contribution in [0.15, 0.2) is 35.3 Å². The summed E-state index contributed by atoms with van der Waals surface area (Å²) < 4.78 is 5.88. The molecule has 0 radical (unpaired) electrons. The van der Waals surface area contributed by atoms with Gasteiger partial charge in [-0.3, -0.25) is 4.99 Å². The summed E-state index contributed by atoms with van der Waals surface area (Å²) in [6, 6.07) is 10.3. The average Bonchev–Trinajstić information content (AvgIpc) is 2.58. The molecule has 0 aliphatic rings. The Bertz CT molecular complexity index is 448. The maximum atomic E-state index is 5.88. The molecule has 1 aromatic carbocycles. The number of aliphatic imine (C=N–C) groups is 1. The molecule has 1 atom stereocenters. The van der Waals surface area contributed by atoms with Crippen molar-refractivity contribution < 1.29 is 4.74 Å². The second kappa shape index (κ2) is 12.8. The fraction of sp³-hybridized carbons (Fsp3) is 0.632. The minimum atomic E-state index is 0.132. The molecule has 0 heterocycles. The molecule has 0 spiro atoms. The Kier molecular flexibility index (Phi) is 10.9. The lowest BCUT2D eigenvalue weighted by Crippen LogP contribution is -2.38. The third-order valence-corrected chi connectivity index (χ3v) is 3.63. The van der Waals surface area contributed by atoms with E-state index in [4.69, 9.17) is 4.74 Å². The fourth-order valence-corrected chi connectivity index (χ4v) is 2.28. The monoisotopic (exact) mass is 334 g/mol. The fourth-order valence-electron chi connectivity index (χ4n) is 2.28. The van der Waals surface area contributed by atoms with Crippen LogP contribution < -0.4 is 10.6 Å². The number of hydrogen-bond acceptors (Lipinski definition) is 3. The van der Waals surface area contributed by atoms with Gasteiger partial charge in [0, 0.05) is 26.2 Å². The van der Waals surface area contributed by atoms with Gasteiger partial charge in [0.05, 0.1) is 6.10 Å². The molecule has 0 aliphatic carbocycles. The summed E-state index contributed by atoms with van der Waals surface area (Å²) in [5.74, 6) is 0.896. The number of nitrogens with one attached hydrogen (secondary N) is 2. The van der Waals surface area contributed by atoms with Crippen molar-refractivity contribution >= 4 is 5.96 Å². The quantitative estimate of drug-likeness (QED) is 0.371. The number of nitrogens with zero attached hydrogens (tertiary/aromatic N) is 2. The van der Waals surface area contributed by atoms with Crippen LogP contribution in [0.5, 0.6) is 0 Å². The van der Waals surface area contributed by atoms with Crippen LogP contribution in [0.25, 0.3) is 0 Å². The number of benzene rings is 1. The Balaban J connectivity index is 2.21. The lowest BCUT2D eigenvalue weighted by molar-refractivity contribution is 0.0652. The maximum Gasteiger partial charge on any atom is 0.191 e. The van der Waals surface area contributed by atoms with Crippen LogP contribution in [-0.2, 0) is 4.74 Å². The van der Waals surface area contributed by atoms with Crippen LogP contribution in [0, 0.1) is 0 Å². The predicted molar refractivity (Wildman–Crippen MR) is 103 cm³/mol. The van der Waals surface area contributed by atoms with Gasteiger partial charge in [-0.05, 0) is 52.9 Å². The van der Waals surface area contributed by atoms with Gasteiger partial charge in [0.1, 0.15) is 0 Å². The molecule has 0 amide bonds. The van der Waals surface area contributed by atoms with E-state index >= 15 is 0 Å². The van der Waals surface area contributed by atoms with Crippen LogP contribution in [0.2, 0.25) is 0 Å². The molecular formula is C19H34N4O. The van der Waals surface area contributed by atoms with Crippen molar-refractivity contribution in [1.82, 2.24) is 15.5 Å². The molecule has 1 rings (SSSR count). The van der Waals surface area contributed by atoms with Gasteiger partial charge in [-0.15, -0.1) is 0 Å². The topological polar surface area (TPSA) is 48.9 Å². The Hall–Kier alpha value is -1.59. The number of hydrogen-bond donors (Lipinski definition) is 2. The van der Waals surface area contributed by atoms with Gasteiger partial charge in [-0.25, -0.2) is 0 Å². The Morgan fingerprint density at radius 2 is 1.92 bits per heavy atom. The normalized spacial score (nSPS) is 13.1. The van der Waals surface area contributed by atoms with Crippen molar-refractivity contribution in [1.29, 1.82) is 0 Å². The summed E-state index contributed by atoms with van der Waals surface area (Å²) in [4.78, 5) is 6.79. The largest absolute Gasteiger partial charge is 0.374 e. The van der Waals surface area contributed by atoms with Gasteiger partial charge in [-0.2, -0.15) is 0 Å². The zero-order valence-corrected chi connectivity index (χ0v) is 15.7. The van der Waals surface area contributed by atoms with E-state index in [2.05, 4.69) is 60.6 Å². The van der Waals surface area contributed by atoms with Crippen LogP contribution in [0.1, 0.15) is 38.4 Å². The first-order valence-corrected chi connectivity index (χ1v) is 8.97. The molecule has 1 aromatic rings. The number of rotatable bonds is 11. The molecule has 0 bridgehead atoms. The van der Waals surface area contributed by atoms with Crippen molar-refractivity contribution in [3.63, 3.8) is 0 Å². The van der Waals surface area contributed by atoms with Crippen molar-refractivity contribution in [2.75, 3.05) is 46.9 Å². The second-order valence-corrected chi connectivity index (χ2v) is 6.12. The zero-order chi connectivity index (χ0) is 17.6. The Labute approximate surface area is 147 Å². The molecule has 0 saturated heterocycles. The zero-order valence-electron chi connectivity index (χ0n) is 15.7. The number of ether oxygens (including phenoxy) is 1. The number of guanidine groups is 1. The highest BCUT2D eigenvalue weighted by atomic mass is 16.5. The molecule has 1 unspecified atom stereocenters. The van der Waals surface area contributed by atoms with E-state index in [1.54, 1.807) is 0 Å². The lowest BCUT2D eigenvalue weighted by Gasteiger charge is -2.14. The molecule has 5 heteroatoms. The standard InChI is InChI=1S/C19H34N4O/c1-5-20-19(21-13-9-15-23(3)4)22-14-10-16-24-17(2)18-11-7-6-8-12-18/h6-8,11-12,17H,5,9-10,13-16H2,1-4H3,(H2,20,21,22). The lowest BCUT2D eigenvalue weighted by atomic mass is 10.1. The van der Waals surface area contributed by atoms with Crippen LogP contribution >= 0.6 is 0 Å². The predicted octanol–water partition coefficient (Wildman–Crippen LogP) is 2.66. The molecule has 24 heavy (non-hydrogen) atoms. The van der Waals surface area contributed by atoms with Crippen molar-refractivity contribution in [2.24, 2.45) is 4.99 Å². The van der Waals surface area contributed by atoms with Crippen LogP contribution in [0.4, 0.5) is 0 Å². The van der Waals surface area contributed by atoms with E-state index in [-0.39, 0.29) is 6.10 Å². The van der Waals surface area contributed by atoms with E-state index in [0.717, 1.165) is 51.6 Å². The van der Waals surface area contributed by atoms with Gasteiger partial charge >= 0.3 is 0 Å². The molecule has 136 valence electrons. The molecule has 0 aliphatic heterocycles. The minimum Gasteiger partial charge on any atom is -0.374 e. The van der Waals surface area contributed by atoms with E-state index in [0.29, 0.717) is 0 Å². The smallest absolute Gasteiger partial charge is 0.191 e. The van der Waals surface area contributed by atoms with Gasteiger partial charge < -0.3 is 20.3 Å². The molecule has 0 fully saturated rings.